The Bertz CT molecular complexity index is 1060. The molecule has 5 nitrogen and oxygen atoms in total. The first-order chi connectivity index (χ1) is 14.1. The molecule has 0 aliphatic rings. The van der Waals surface area contributed by atoms with Crippen LogP contribution in [0, 0.1) is 12.3 Å². The lowest BCUT2D eigenvalue weighted by Gasteiger charge is -2.17. The summed E-state index contributed by atoms with van der Waals surface area (Å²) < 4.78 is 44.4. The Balaban J connectivity index is 1.85. The summed E-state index contributed by atoms with van der Waals surface area (Å²) in [5, 5.41) is 18.0. The third-order valence-corrected chi connectivity index (χ3v) is 5.79. The Kier molecular flexibility index (Phi) is 6.02. The van der Waals surface area contributed by atoms with Crippen molar-refractivity contribution in [1.82, 2.24) is 4.98 Å². The van der Waals surface area contributed by atoms with Crippen molar-refractivity contribution in [3.63, 3.8) is 0 Å². The SMILES string of the molecule is CCC(Oc1ccc(C(=N)N)c(O)c1)c1sc(-c2ccc(C(F)(F)F)cc2)nc1C. The van der Waals surface area contributed by atoms with Crippen molar-refractivity contribution in [1.29, 1.82) is 5.41 Å². The number of aryl methyl sites for hydroxylation is 1. The number of amidine groups is 1. The maximum absolute atomic E-state index is 12.8. The Labute approximate surface area is 175 Å². The van der Waals surface area contributed by atoms with Gasteiger partial charge in [0.15, 0.2) is 0 Å². The number of nitrogens with one attached hydrogen (secondary N) is 1. The van der Waals surface area contributed by atoms with E-state index < -0.39 is 11.7 Å². The molecule has 0 radical (unpaired) electrons. The van der Waals surface area contributed by atoms with Gasteiger partial charge in [-0.2, -0.15) is 13.2 Å². The second-order valence-electron chi connectivity index (χ2n) is 6.65. The molecule has 3 rings (SSSR count). The highest BCUT2D eigenvalue weighted by molar-refractivity contribution is 7.15. The normalized spacial score (nSPS) is 12.6. The second kappa shape index (κ2) is 8.35. The number of ether oxygens (including phenoxy) is 1. The summed E-state index contributed by atoms with van der Waals surface area (Å²) in [6.07, 6.45) is -4.12. The van der Waals surface area contributed by atoms with E-state index in [9.17, 15) is 18.3 Å². The molecule has 1 heterocycles. The smallest absolute Gasteiger partial charge is 0.416 e. The molecule has 0 aliphatic carbocycles. The molecule has 4 N–H and O–H groups in total. The van der Waals surface area contributed by atoms with E-state index in [1.165, 1.54) is 35.6 Å². The standard InChI is InChI=1S/C21H20F3N3O2S/c1-3-17(29-14-8-9-15(19(25)26)16(28)10-14)18-11(2)27-20(30-18)12-4-6-13(7-5-12)21(22,23)24/h4-10,17,28H,3H2,1-2H3,(H3,25,26). The molecule has 30 heavy (non-hydrogen) atoms. The van der Waals surface area contributed by atoms with Crippen LogP contribution in [0.25, 0.3) is 10.6 Å². The number of benzene rings is 2. The molecule has 1 unspecified atom stereocenters. The average Bonchev–Trinajstić information content (AvgIpc) is 3.07. The molecular weight excluding hydrogens is 415 g/mol. The maximum Gasteiger partial charge on any atom is 0.416 e. The molecular formula is C21H20F3N3O2S. The van der Waals surface area contributed by atoms with Crippen LogP contribution in [0.5, 0.6) is 11.5 Å². The van der Waals surface area contributed by atoms with Crippen molar-refractivity contribution in [2.75, 3.05) is 0 Å². The van der Waals surface area contributed by atoms with Gasteiger partial charge in [-0.05, 0) is 37.6 Å². The molecule has 0 aliphatic heterocycles. The molecule has 1 atom stereocenters. The van der Waals surface area contributed by atoms with Gasteiger partial charge in [0.2, 0.25) is 0 Å². The summed E-state index contributed by atoms with van der Waals surface area (Å²) in [6, 6.07) is 9.42. The van der Waals surface area contributed by atoms with Gasteiger partial charge in [-0.25, -0.2) is 4.98 Å². The zero-order valence-electron chi connectivity index (χ0n) is 16.2. The second-order valence-corrected chi connectivity index (χ2v) is 7.68. The summed E-state index contributed by atoms with van der Waals surface area (Å²) in [4.78, 5) is 5.35. The highest BCUT2D eigenvalue weighted by atomic mass is 32.1. The van der Waals surface area contributed by atoms with Gasteiger partial charge in [0.1, 0.15) is 28.4 Å². The third kappa shape index (κ3) is 4.56. The molecule has 0 bridgehead atoms. The van der Waals surface area contributed by atoms with Gasteiger partial charge in [-0.3, -0.25) is 5.41 Å². The fraction of sp³-hybridized carbons (Fsp3) is 0.238. The predicted molar refractivity (Wildman–Crippen MR) is 110 cm³/mol. The number of nitrogens with two attached hydrogens (primary N) is 1. The quantitative estimate of drug-likeness (QED) is 0.344. The molecule has 0 saturated carbocycles. The first kappa shape index (κ1) is 21.6. The number of aromatic hydroxyl groups is 1. The molecule has 2 aromatic carbocycles. The van der Waals surface area contributed by atoms with Gasteiger partial charge in [-0.15, -0.1) is 11.3 Å². The number of halogens is 3. The van der Waals surface area contributed by atoms with Crippen LogP contribution in [-0.4, -0.2) is 15.9 Å². The average molecular weight is 435 g/mol. The first-order valence-electron chi connectivity index (χ1n) is 9.09. The van der Waals surface area contributed by atoms with Crippen LogP contribution in [0.2, 0.25) is 0 Å². The number of phenolic OH excluding ortho intramolecular Hbond substituents is 1. The van der Waals surface area contributed by atoms with E-state index in [4.69, 9.17) is 15.9 Å². The van der Waals surface area contributed by atoms with Crippen LogP contribution in [0.3, 0.4) is 0 Å². The van der Waals surface area contributed by atoms with E-state index in [1.54, 1.807) is 6.07 Å². The van der Waals surface area contributed by atoms with E-state index in [1.807, 2.05) is 13.8 Å². The topological polar surface area (TPSA) is 92.2 Å². The van der Waals surface area contributed by atoms with Crippen molar-refractivity contribution in [2.45, 2.75) is 32.5 Å². The van der Waals surface area contributed by atoms with Crippen LogP contribution in [0.4, 0.5) is 13.2 Å². The van der Waals surface area contributed by atoms with Gasteiger partial charge in [0.05, 0.1) is 21.7 Å². The summed E-state index contributed by atoms with van der Waals surface area (Å²) >= 11 is 1.36. The van der Waals surface area contributed by atoms with Crippen LogP contribution in [-0.2, 0) is 6.18 Å². The number of hydrogen-bond donors (Lipinski definition) is 3. The Morgan fingerprint density at radius 3 is 2.43 bits per heavy atom. The van der Waals surface area contributed by atoms with Crippen LogP contribution >= 0.6 is 11.3 Å². The maximum atomic E-state index is 12.8. The van der Waals surface area contributed by atoms with Gasteiger partial charge in [0.25, 0.3) is 0 Å². The Morgan fingerprint density at radius 2 is 1.90 bits per heavy atom. The summed E-state index contributed by atoms with van der Waals surface area (Å²) in [6.45, 7) is 3.76. The van der Waals surface area contributed by atoms with Crippen molar-refractivity contribution < 1.29 is 23.0 Å². The van der Waals surface area contributed by atoms with Crippen molar-refractivity contribution in [2.24, 2.45) is 5.73 Å². The van der Waals surface area contributed by atoms with Crippen molar-refractivity contribution in [3.8, 4) is 22.1 Å². The number of nitrogen functional groups attached to an aromatic ring is 1. The highest BCUT2D eigenvalue weighted by Gasteiger charge is 2.30. The minimum Gasteiger partial charge on any atom is -0.507 e. The first-order valence-corrected chi connectivity index (χ1v) is 9.90. The van der Waals surface area contributed by atoms with Crippen molar-refractivity contribution >= 4 is 17.2 Å². The fourth-order valence-electron chi connectivity index (χ4n) is 2.93. The predicted octanol–water partition coefficient (Wildman–Crippen LogP) is 5.66. The molecule has 158 valence electrons. The van der Waals surface area contributed by atoms with E-state index in [0.29, 0.717) is 22.7 Å². The molecule has 3 aromatic rings. The van der Waals surface area contributed by atoms with E-state index in [0.717, 1.165) is 22.7 Å². The van der Waals surface area contributed by atoms with Gasteiger partial charge in [-0.1, -0.05) is 19.1 Å². The van der Waals surface area contributed by atoms with E-state index in [-0.39, 0.29) is 23.3 Å². The number of thiazole rings is 1. The molecule has 9 heteroatoms. The minimum atomic E-state index is -4.38. The van der Waals surface area contributed by atoms with Gasteiger partial charge in [0, 0.05) is 11.6 Å². The number of nitrogens with zero attached hydrogens (tertiary/aromatic N) is 1. The Morgan fingerprint density at radius 1 is 1.23 bits per heavy atom. The van der Waals surface area contributed by atoms with Crippen molar-refractivity contribution in [3.05, 3.63) is 64.2 Å². The highest BCUT2D eigenvalue weighted by Crippen LogP contribution is 2.37. The summed E-state index contributed by atoms with van der Waals surface area (Å²) in [5.74, 6) is 0.0140. The lowest BCUT2D eigenvalue weighted by atomic mass is 10.1. The number of phenols is 1. The van der Waals surface area contributed by atoms with Gasteiger partial charge >= 0.3 is 6.18 Å². The summed E-state index contributed by atoms with van der Waals surface area (Å²) in [5.41, 5.74) is 6.24. The molecule has 0 saturated heterocycles. The lowest BCUT2D eigenvalue weighted by molar-refractivity contribution is -0.137. The number of hydrogen-bond acceptors (Lipinski definition) is 5. The van der Waals surface area contributed by atoms with Crippen LogP contribution in [0.15, 0.2) is 42.5 Å². The molecule has 0 fully saturated rings. The van der Waals surface area contributed by atoms with Gasteiger partial charge < -0.3 is 15.6 Å². The number of rotatable bonds is 6. The zero-order valence-corrected chi connectivity index (χ0v) is 17.1. The van der Waals surface area contributed by atoms with E-state index in [2.05, 4.69) is 4.98 Å². The molecule has 1 aromatic heterocycles. The van der Waals surface area contributed by atoms with Crippen LogP contribution in [0.1, 0.15) is 41.1 Å². The zero-order chi connectivity index (χ0) is 22.1. The van der Waals surface area contributed by atoms with E-state index >= 15 is 0 Å². The fourth-order valence-corrected chi connectivity index (χ4v) is 4.12. The third-order valence-electron chi connectivity index (χ3n) is 4.49. The lowest BCUT2D eigenvalue weighted by Crippen LogP contribution is -2.11. The number of alkyl halides is 3. The Hall–Kier alpha value is -3.07. The largest absolute Gasteiger partial charge is 0.507 e. The molecule has 0 spiro atoms. The minimum absolute atomic E-state index is 0.152. The van der Waals surface area contributed by atoms with Crippen LogP contribution < -0.4 is 10.5 Å². The molecule has 0 amide bonds. The monoisotopic (exact) mass is 435 g/mol. The summed E-state index contributed by atoms with van der Waals surface area (Å²) in [7, 11) is 0. The number of aromatic nitrogens is 1.